The number of carbonyl (C=O) groups is 2. The van der Waals surface area contributed by atoms with Gasteiger partial charge in [0.25, 0.3) is 11.8 Å². The summed E-state index contributed by atoms with van der Waals surface area (Å²) >= 11 is 0. The third kappa shape index (κ3) is 3.49. The molecule has 2 aliphatic heterocycles. The van der Waals surface area contributed by atoms with E-state index in [9.17, 15) is 9.59 Å². The minimum absolute atomic E-state index is 0.0297. The van der Waals surface area contributed by atoms with Gasteiger partial charge in [-0.25, -0.2) is 4.68 Å². The van der Waals surface area contributed by atoms with Crippen LogP contribution >= 0.6 is 0 Å². The van der Waals surface area contributed by atoms with Crippen molar-refractivity contribution in [2.75, 3.05) is 38.9 Å². The van der Waals surface area contributed by atoms with Crippen LogP contribution in [-0.4, -0.2) is 61.7 Å². The van der Waals surface area contributed by atoms with E-state index < -0.39 is 11.5 Å². The summed E-state index contributed by atoms with van der Waals surface area (Å²) in [7, 11) is 3.32. The number of fused-ring (bicyclic) bond motifs is 1. The maximum atomic E-state index is 13.6. The fourth-order valence-electron chi connectivity index (χ4n) is 4.55. The zero-order valence-electron chi connectivity index (χ0n) is 18.6. The van der Waals surface area contributed by atoms with Crippen LogP contribution in [0.15, 0.2) is 42.5 Å². The second-order valence-electron chi connectivity index (χ2n) is 8.39. The molecule has 33 heavy (non-hydrogen) atoms. The van der Waals surface area contributed by atoms with Gasteiger partial charge in [0.15, 0.2) is 5.69 Å². The van der Waals surface area contributed by atoms with E-state index in [0.29, 0.717) is 49.6 Å². The first kappa shape index (κ1) is 21.6. The first-order valence-electron chi connectivity index (χ1n) is 10.9. The second-order valence-corrected chi connectivity index (χ2v) is 8.39. The summed E-state index contributed by atoms with van der Waals surface area (Å²) in [4.78, 5) is 27.4. The number of nitrogens with zero attached hydrogens (tertiary/aromatic N) is 3. The van der Waals surface area contributed by atoms with Gasteiger partial charge in [0.2, 0.25) is 0 Å². The molecule has 1 saturated heterocycles. The minimum atomic E-state index is -0.640. The zero-order valence-corrected chi connectivity index (χ0v) is 18.6. The predicted octanol–water partition coefficient (Wildman–Crippen LogP) is 1.87. The first-order chi connectivity index (χ1) is 16.0. The summed E-state index contributed by atoms with van der Waals surface area (Å²) in [6, 6.07) is 7.76. The van der Waals surface area contributed by atoms with Gasteiger partial charge >= 0.3 is 0 Å². The number of ether oxygens (including phenoxy) is 3. The number of hydrogen-bond acceptors (Lipinski definition) is 6. The van der Waals surface area contributed by atoms with E-state index in [-0.39, 0.29) is 17.7 Å². The number of allylic oxidation sites excluding steroid dienone is 2. The number of aromatic nitrogens is 2. The summed E-state index contributed by atoms with van der Waals surface area (Å²) in [6.07, 6.45) is 6.80. The van der Waals surface area contributed by atoms with Crippen LogP contribution in [0.1, 0.15) is 38.5 Å². The first-order valence-corrected chi connectivity index (χ1v) is 10.9. The van der Waals surface area contributed by atoms with Crippen LogP contribution in [0.25, 0.3) is 5.70 Å². The van der Waals surface area contributed by atoms with E-state index in [1.807, 2.05) is 42.5 Å². The average molecular weight is 450 g/mol. The van der Waals surface area contributed by atoms with E-state index in [1.54, 1.807) is 19.1 Å². The Balaban J connectivity index is 1.49. The Morgan fingerprint density at radius 3 is 2.55 bits per heavy atom. The molecule has 2 aromatic rings. The molecule has 2 N–H and O–H groups in total. The van der Waals surface area contributed by atoms with Crippen molar-refractivity contribution in [3.8, 4) is 0 Å². The Morgan fingerprint density at radius 1 is 1.24 bits per heavy atom. The largest absolute Gasteiger partial charge is 0.377 e. The molecule has 9 heteroatoms. The van der Waals surface area contributed by atoms with Crippen LogP contribution in [0.2, 0.25) is 0 Å². The van der Waals surface area contributed by atoms with Crippen LogP contribution in [0.4, 0.5) is 5.69 Å². The SMILES string of the molecule is COC1C=CC(n2nc(C(N)=O)c3c2C(=O)N(c2ccc(C4(OC)COC4)cc2)CC3)=CC1. The predicted molar refractivity (Wildman–Crippen MR) is 121 cm³/mol. The van der Waals surface area contributed by atoms with E-state index in [1.165, 1.54) is 4.68 Å². The van der Waals surface area contributed by atoms with Crippen molar-refractivity contribution in [3.05, 3.63) is 65.0 Å². The number of carbonyl (C=O) groups excluding carboxylic acids is 2. The van der Waals surface area contributed by atoms with Gasteiger partial charge in [-0.2, -0.15) is 5.10 Å². The summed E-state index contributed by atoms with van der Waals surface area (Å²) in [5, 5.41) is 4.42. The van der Waals surface area contributed by atoms with Crippen LogP contribution in [0.3, 0.4) is 0 Å². The van der Waals surface area contributed by atoms with Crippen LogP contribution in [-0.2, 0) is 26.2 Å². The summed E-state index contributed by atoms with van der Waals surface area (Å²) < 4.78 is 17.9. The molecule has 1 unspecified atom stereocenters. The topological polar surface area (TPSA) is 109 Å². The number of anilines is 1. The average Bonchev–Trinajstić information content (AvgIpc) is 3.21. The Kier molecular flexibility index (Phi) is 5.40. The second kappa shape index (κ2) is 8.26. The molecule has 3 aliphatic rings. The lowest BCUT2D eigenvalue weighted by Crippen LogP contribution is -2.48. The lowest BCUT2D eigenvalue weighted by Gasteiger charge is -2.40. The molecule has 0 radical (unpaired) electrons. The fraction of sp³-hybridized carbons (Fsp3) is 0.375. The van der Waals surface area contributed by atoms with Crippen molar-refractivity contribution in [1.29, 1.82) is 0 Å². The van der Waals surface area contributed by atoms with Crippen molar-refractivity contribution in [1.82, 2.24) is 9.78 Å². The molecular formula is C24H26N4O5. The smallest absolute Gasteiger partial charge is 0.277 e. The Labute approximate surface area is 191 Å². The van der Waals surface area contributed by atoms with Crippen molar-refractivity contribution in [2.24, 2.45) is 5.73 Å². The van der Waals surface area contributed by atoms with Gasteiger partial charge in [-0.05, 0) is 36.6 Å². The lowest BCUT2D eigenvalue weighted by atomic mass is 9.91. The third-order valence-corrected chi connectivity index (χ3v) is 6.60. The Bertz CT molecular complexity index is 1150. The molecule has 0 saturated carbocycles. The molecule has 1 fully saturated rings. The molecule has 1 aromatic carbocycles. The molecule has 1 aromatic heterocycles. The quantitative estimate of drug-likeness (QED) is 0.720. The molecule has 2 amide bonds. The number of benzene rings is 1. The number of amides is 2. The van der Waals surface area contributed by atoms with Crippen molar-refractivity contribution in [2.45, 2.75) is 24.5 Å². The highest BCUT2D eigenvalue weighted by atomic mass is 16.6. The van der Waals surface area contributed by atoms with Gasteiger partial charge in [-0.15, -0.1) is 0 Å². The number of primary amides is 1. The van der Waals surface area contributed by atoms with Gasteiger partial charge in [0.05, 0.1) is 25.0 Å². The standard InChI is InChI=1S/C24H26N4O5/c1-31-18-9-7-17(8-10-18)28-21-19(20(26-28)22(25)29)11-12-27(23(21)30)16-5-3-15(4-6-16)24(32-2)13-33-14-24/h3-9,18H,10-14H2,1-2H3,(H2,25,29). The molecule has 1 aliphatic carbocycles. The van der Waals surface area contributed by atoms with Crippen LogP contribution in [0, 0.1) is 0 Å². The molecule has 172 valence electrons. The van der Waals surface area contributed by atoms with Gasteiger partial charge in [-0.1, -0.05) is 24.3 Å². The van der Waals surface area contributed by atoms with Gasteiger partial charge in [0.1, 0.15) is 11.3 Å². The lowest BCUT2D eigenvalue weighted by molar-refractivity contribution is -0.202. The molecule has 0 spiro atoms. The van der Waals surface area contributed by atoms with E-state index in [0.717, 1.165) is 11.3 Å². The molecule has 9 nitrogen and oxygen atoms in total. The zero-order chi connectivity index (χ0) is 23.2. The monoisotopic (exact) mass is 450 g/mol. The highest BCUT2D eigenvalue weighted by molar-refractivity contribution is 6.10. The normalized spacial score (nSPS) is 21.4. The van der Waals surface area contributed by atoms with E-state index >= 15 is 0 Å². The van der Waals surface area contributed by atoms with Crippen LogP contribution < -0.4 is 10.6 Å². The van der Waals surface area contributed by atoms with Gasteiger partial charge < -0.3 is 24.8 Å². The molecular weight excluding hydrogens is 424 g/mol. The highest BCUT2D eigenvalue weighted by Crippen LogP contribution is 2.35. The third-order valence-electron chi connectivity index (χ3n) is 6.60. The maximum absolute atomic E-state index is 13.6. The van der Waals surface area contributed by atoms with Crippen molar-refractivity contribution >= 4 is 23.2 Å². The maximum Gasteiger partial charge on any atom is 0.277 e. The molecule has 0 bridgehead atoms. The highest BCUT2D eigenvalue weighted by Gasteiger charge is 2.41. The number of methoxy groups -OCH3 is 2. The van der Waals surface area contributed by atoms with Crippen LogP contribution in [0.5, 0.6) is 0 Å². The summed E-state index contributed by atoms with van der Waals surface area (Å²) in [6.45, 7) is 1.45. The summed E-state index contributed by atoms with van der Waals surface area (Å²) in [5.74, 6) is -0.862. The number of rotatable bonds is 6. The molecule has 1 atom stereocenters. The van der Waals surface area contributed by atoms with E-state index in [2.05, 4.69) is 5.10 Å². The molecule has 3 heterocycles. The Hall–Kier alpha value is -3.27. The van der Waals surface area contributed by atoms with E-state index in [4.69, 9.17) is 19.9 Å². The minimum Gasteiger partial charge on any atom is -0.377 e. The van der Waals surface area contributed by atoms with Crippen molar-refractivity contribution in [3.63, 3.8) is 0 Å². The van der Waals surface area contributed by atoms with Gasteiger partial charge in [-0.3, -0.25) is 9.59 Å². The van der Waals surface area contributed by atoms with Crippen molar-refractivity contribution < 1.29 is 23.8 Å². The molecule has 5 rings (SSSR count). The Morgan fingerprint density at radius 2 is 2.00 bits per heavy atom. The summed E-state index contributed by atoms with van der Waals surface area (Å²) in [5.41, 5.74) is 8.75. The fourth-order valence-corrected chi connectivity index (χ4v) is 4.55. The number of nitrogens with two attached hydrogens (primary N) is 1. The number of hydrogen-bond donors (Lipinski definition) is 1. The van der Waals surface area contributed by atoms with Gasteiger partial charge in [0, 0.05) is 32.0 Å².